The zero-order chi connectivity index (χ0) is 13.5. The van der Waals surface area contributed by atoms with Gasteiger partial charge in [0, 0.05) is 25.0 Å². The van der Waals surface area contributed by atoms with Crippen LogP contribution in [0.2, 0.25) is 0 Å². The van der Waals surface area contributed by atoms with E-state index in [2.05, 4.69) is 29.4 Å². The van der Waals surface area contributed by atoms with Crippen LogP contribution >= 0.6 is 11.3 Å². The summed E-state index contributed by atoms with van der Waals surface area (Å²) in [4.78, 5) is 7.27. The van der Waals surface area contributed by atoms with Crippen molar-refractivity contribution in [3.05, 3.63) is 11.1 Å². The van der Waals surface area contributed by atoms with E-state index in [1.807, 2.05) is 11.3 Å². The standard InChI is InChI=1S/C15H27N3S/c1-3-8-16-11-14-12-19-15(17-14)18-9-5-6-13(4-2)7-10-18/h12-13,16H,3-11H2,1-2H3. The van der Waals surface area contributed by atoms with Crippen molar-refractivity contribution < 1.29 is 0 Å². The van der Waals surface area contributed by atoms with Gasteiger partial charge in [-0.05, 0) is 38.1 Å². The minimum Gasteiger partial charge on any atom is -0.348 e. The Morgan fingerprint density at radius 2 is 2.26 bits per heavy atom. The second kappa shape index (κ2) is 7.85. The quantitative estimate of drug-likeness (QED) is 0.807. The number of aromatic nitrogens is 1. The Balaban J connectivity index is 1.87. The third-order valence-electron chi connectivity index (χ3n) is 3.97. The van der Waals surface area contributed by atoms with Gasteiger partial charge < -0.3 is 10.2 Å². The van der Waals surface area contributed by atoms with E-state index in [-0.39, 0.29) is 0 Å². The zero-order valence-electron chi connectivity index (χ0n) is 12.3. The summed E-state index contributed by atoms with van der Waals surface area (Å²) in [5.41, 5.74) is 1.20. The molecule has 1 saturated heterocycles. The molecule has 1 N–H and O–H groups in total. The van der Waals surface area contributed by atoms with Crippen LogP contribution in [0.15, 0.2) is 5.38 Å². The Labute approximate surface area is 121 Å². The molecule has 2 heterocycles. The molecule has 0 amide bonds. The van der Waals surface area contributed by atoms with E-state index < -0.39 is 0 Å². The summed E-state index contributed by atoms with van der Waals surface area (Å²) in [6.07, 6.45) is 6.56. The fourth-order valence-electron chi connectivity index (χ4n) is 2.68. The van der Waals surface area contributed by atoms with Crippen molar-refractivity contribution in [1.82, 2.24) is 10.3 Å². The van der Waals surface area contributed by atoms with Crippen molar-refractivity contribution in [2.45, 2.75) is 52.5 Å². The number of anilines is 1. The van der Waals surface area contributed by atoms with Crippen LogP contribution in [-0.2, 0) is 6.54 Å². The topological polar surface area (TPSA) is 28.2 Å². The molecule has 1 aromatic rings. The summed E-state index contributed by atoms with van der Waals surface area (Å²) in [7, 11) is 0. The van der Waals surface area contributed by atoms with Crippen molar-refractivity contribution in [2.24, 2.45) is 5.92 Å². The minimum absolute atomic E-state index is 0.912. The van der Waals surface area contributed by atoms with Gasteiger partial charge in [0.15, 0.2) is 5.13 Å². The summed E-state index contributed by atoms with van der Waals surface area (Å²) in [5, 5.41) is 6.86. The smallest absolute Gasteiger partial charge is 0.185 e. The zero-order valence-corrected chi connectivity index (χ0v) is 13.1. The molecule has 0 bridgehead atoms. The molecular formula is C15H27N3S. The molecule has 1 aliphatic rings. The van der Waals surface area contributed by atoms with Crippen LogP contribution < -0.4 is 10.2 Å². The third kappa shape index (κ3) is 4.46. The largest absolute Gasteiger partial charge is 0.348 e. The Kier molecular flexibility index (Phi) is 6.11. The lowest BCUT2D eigenvalue weighted by Gasteiger charge is -2.19. The second-order valence-corrected chi connectivity index (χ2v) is 6.33. The van der Waals surface area contributed by atoms with Crippen LogP contribution in [0.1, 0.15) is 51.6 Å². The summed E-state index contributed by atoms with van der Waals surface area (Å²) in [6, 6.07) is 0. The van der Waals surface area contributed by atoms with Crippen molar-refractivity contribution >= 4 is 16.5 Å². The highest BCUT2D eigenvalue weighted by molar-refractivity contribution is 7.13. The third-order valence-corrected chi connectivity index (χ3v) is 4.92. The van der Waals surface area contributed by atoms with Crippen LogP contribution in [-0.4, -0.2) is 24.6 Å². The predicted molar refractivity (Wildman–Crippen MR) is 84.0 cm³/mol. The maximum atomic E-state index is 4.78. The first-order valence-electron chi connectivity index (χ1n) is 7.73. The lowest BCUT2D eigenvalue weighted by Crippen LogP contribution is -2.24. The van der Waals surface area contributed by atoms with E-state index in [1.165, 1.54) is 56.0 Å². The SMILES string of the molecule is CCCNCc1csc(N2CCCC(CC)CC2)n1. The van der Waals surface area contributed by atoms with E-state index in [1.54, 1.807) is 0 Å². The molecule has 108 valence electrons. The number of nitrogens with one attached hydrogen (secondary N) is 1. The minimum atomic E-state index is 0.912. The molecule has 2 rings (SSSR count). The Morgan fingerprint density at radius 1 is 1.37 bits per heavy atom. The van der Waals surface area contributed by atoms with Gasteiger partial charge in [0.05, 0.1) is 5.69 Å². The molecule has 1 aliphatic heterocycles. The monoisotopic (exact) mass is 281 g/mol. The van der Waals surface area contributed by atoms with Crippen LogP contribution in [0.3, 0.4) is 0 Å². The average molecular weight is 281 g/mol. The average Bonchev–Trinajstić information content (AvgIpc) is 2.76. The fourth-order valence-corrected chi connectivity index (χ4v) is 3.56. The van der Waals surface area contributed by atoms with Gasteiger partial charge in [0.2, 0.25) is 0 Å². The fraction of sp³-hybridized carbons (Fsp3) is 0.800. The van der Waals surface area contributed by atoms with Crippen molar-refractivity contribution in [1.29, 1.82) is 0 Å². The summed E-state index contributed by atoms with van der Waals surface area (Å²) in [6.45, 7) is 8.88. The molecule has 1 atom stereocenters. The molecule has 3 nitrogen and oxygen atoms in total. The van der Waals surface area contributed by atoms with Gasteiger partial charge in [-0.25, -0.2) is 4.98 Å². The summed E-state index contributed by atoms with van der Waals surface area (Å²) < 4.78 is 0. The number of rotatable bonds is 6. The van der Waals surface area contributed by atoms with Gasteiger partial charge in [-0.1, -0.05) is 20.3 Å². The first kappa shape index (κ1) is 14.8. The number of nitrogens with zero attached hydrogens (tertiary/aromatic N) is 2. The first-order chi connectivity index (χ1) is 9.33. The Morgan fingerprint density at radius 3 is 3.05 bits per heavy atom. The maximum Gasteiger partial charge on any atom is 0.185 e. The van der Waals surface area contributed by atoms with E-state index in [0.717, 1.165) is 19.0 Å². The maximum absolute atomic E-state index is 4.78. The number of thiazole rings is 1. The molecule has 1 unspecified atom stereocenters. The Bertz CT molecular complexity index is 364. The van der Waals surface area contributed by atoms with Gasteiger partial charge >= 0.3 is 0 Å². The molecule has 0 aromatic carbocycles. The molecular weight excluding hydrogens is 254 g/mol. The predicted octanol–water partition coefficient (Wildman–Crippen LogP) is 3.66. The lowest BCUT2D eigenvalue weighted by atomic mass is 9.98. The van der Waals surface area contributed by atoms with Gasteiger partial charge in [-0.3, -0.25) is 0 Å². The number of hydrogen-bond acceptors (Lipinski definition) is 4. The summed E-state index contributed by atoms with van der Waals surface area (Å²) in [5.74, 6) is 0.927. The molecule has 0 radical (unpaired) electrons. The summed E-state index contributed by atoms with van der Waals surface area (Å²) >= 11 is 1.81. The molecule has 19 heavy (non-hydrogen) atoms. The molecule has 1 aromatic heterocycles. The van der Waals surface area contributed by atoms with E-state index in [9.17, 15) is 0 Å². The van der Waals surface area contributed by atoms with Crippen LogP contribution in [0, 0.1) is 5.92 Å². The van der Waals surface area contributed by atoms with E-state index in [0.29, 0.717) is 0 Å². The van der Waals surface area contributed by atoms with Crippen molar-refractivity contribution in [3.8, 4) is 0 Å². The number of hydrogen-bond donors (Lipinski definition) is 1. The molecule has 0 saturated carbocycles. The van der Waals surface area contributed by atoms with Crippen molar-refractivity contribution in [2.75, 3.05) is 24.5 Å². The molecule has 1 fully saturated rings. The van der Waals surface area contributed by atoms with Gasteiger partial charge in [-0.2, -0.15) is 0 Å². The first-order valence-corrected chi connectivity index (χ1v) is 8.61. The Hall–Kier alpha value is -0.610. The van der Waals surface area contributed by atoms with Crippen LogP contribution in [0.4, 0.5) is 5.13 Å². The highest BCUT2D eigenvalue weighted by atomic mass is 32.1. The van der Waals surface area contributed by atoms with Gasteiger partial charge in [0.25, 0.3) is 0 Å². The lowest BCUT2D eigenvalue weighted by molar-refractivity contribution is 0.459. The molecule has 0 spiro atoms. The highest BCUT2D eigenvalue weighted by Crippen LogP contribution is 2.26. The highest BCUT2D eigenvalue weighted by Gasteiger charge is 2.17. The second-order valence-electron chi connectivity index (χ2n) is 5.49. The van der Waals surface area contributed by atoms with Crippen molar-refractivity contribution in [3.63, 3.8) is 0 Å². The van der Waals surface area contributed by atoms with Crippen LogP contribution in [0.5, 0.6) is 0 Å². The van der Waals surface area contributed by atoms with E-state index >= 15 is 0 Å². The van der Waals surface area contributed by atoms with Crippen LogP contribution in [0.25, 0.3) is 0 Å². The van der Waals surface area contributed by atoms with Gasteiger partial charge in [-0.15, -0.1) is 11.3 Å². The normalized spacial score (nSPS) is 20.5. The molecule has 4 heteroatoms. The van der Waals surface area contributed by atoms with E-state index in [4.69, 9.17) is 4.98 Å². The van der Waals surface area contributed by atoms with Gasteiger partial charge in [0.1, 0.15) is 0 Å². The molecule has 0 aliphatic carbocycles.